The highest BCUT2D eigenvalue weighted by Crippen LogP contribution is 2.46. The fraction of sp³-hybridized carbons (Fsp3) is 0.192. The minimum atomic E-state index is -4.18. The molecule has 8 nitrogen and oxygen atoms in total. The summed E-state index contributed by atoms with van der Waals surface area (Å²) in [5, 5.41) is 6.37. The van der Waals surface area contributed by atoms with Crippen LogP contribution < -0.4 is 4.72 Å². The minimum absolute atomic E-state index is 0.0424. The van der Waals surface area contributed by atoms with Crippen molar-refractivity contribution in [3.05, 3.63) is 103 Å². The number of alkyl halides is 2. The van der Waals surface area contributed by atoms with Crippen LogP contribution in [0.4, 0.5) is 13.2 Å². The molecule has 0 amide bonds. The zero-order valence-corrected chi connectivity index (χ0v) is 25.0. The molecular weight excluding hydrogens is 656 g/mol. The lowest BCUT2D eigenvalue weighted by molar-refractivity contribution is 0.0564. The summed E-state index contributed by atoms with van der Waals surface area (Å²) < 4.78 is 71.2. The van der Waals surface area contributed by atoms with E-state index in [2.05, 4.69) is 14.8 Å². The number of aliphatic imine (C=N–C) groups is 1. The van der Waals surface area contributed by atoms with Crippen molar-refractivity contribution in [3.63, 3.8) is 0 Å². The number of nitrogens with zero attached hydrogens (tertiary/aromatic N) is 5. The molecule has 2 atom stereocenters. The summed E-state index contributed by atoms with van der Waals surface area (Å²) in [5.41, 5.74) is 1.58. The van der Waals surface area contributed by atoms with Gasteiger partial charge in [0, 0.05) is 58.6 Å². The molecule has 2 aliphatic rings. The van der Waals surface area contributed by atoms with Gasteiger partial charge in [-0.15, -0.1) is 11.3 Å². The van der Waals surface area contributed by atoms with Crippen molar-refractivity contribution in [1.82, 2.24) is 24.4 Å². The van der Waals surface area contributed by atoms with Crippen LogP contribution in [-0.2, 0) is 10.0 Å². The summed E-state index contributed by atoms with van der Waals surface area (Å²) >= 11 is 20.2. The lowest BCUT2D eigenvalue weighted by atomic mass is 9.92. The summed E-state index contributed by atoms with van der Waals surface area (Å²) in [6.45, 7) is -2.77. The molecule has 1 saturated heterocycles. The molecule has 0 aliphatic carbocycles. The lowest BCUT2D eigenvalue weighted by Gasteiger charge is -2.32. The maximum atomic E-state index is 14.0. The first kappa shape index (κ1) is 29.1. The number of thiazole rings is 1. The molecule has 16 heteroatoms. The lowest BCUT2D eigenvalue weighted by Crippen LogP contribution is -2.39. The number of rotatable bonds is 7. The Bertz CT molecular complexity index is 1830. The molecule has 0 bridgehead atoms. The Morgan fingerprint density at radius 1 is 1.07 bits per heavy atom. The molecule has 2 aromatic heterocycles. The van der Waals surface area contributed by atoms with E-state index in [1.165, 1.54) is 47.7 Å². The molecule has 4 heterocycles. The first-order valence-electron chi connectivity index (χ1n) is 12.3. The van der Waals surface area contributed by atoms with E-state index in [4.69, 9.17) is 39.8 Å². The van der Waals surface area contributed by atoms with E-state index in [1.807, 2.05) is 0 Å². The number of hydrogen-bond donors (Lipinski definition) is 1. The summed E-state index contributed by atoms with van der Waals surface area (Å²) in [7, 11) is -4.18. The number of nitrogens with one attached hydrogen (secondary N) is 1. The highest BCUT2D eigenvalue weighted by Gasteiger charge is 2.42. The van der Waals surface area contributed by atoms with Gasteiger partial charge in [-0.2, -0.15) is 13.9 Å². The van der Waals surface area contributed by atoms with Gasteiger partial charge in [0.15, 0.2) is 10.8 Å². The first-order valence-corrected chi connectivity index (χ1v) is 15.8. The van der Waals surface area contributed by atoms with Gasteiger partial charge in [0.1, 0.15) is 16.8 Å². The van der Waals surface area contributed by atoms with Gasteiger partial charge in [-0.1, -0.05) is 46.9 Å². The summed E-state index contributed by atoms with van der Waals surface area (Å²) in [6.07, 6.45) is 2.86. The predicted molar refractivity (Wildman–Crippen MR) is 155 cm³/mol. The smallest absolute Gasteiger partial charge is 0.326 e. The first-order chi connectivity index (χ1) is 20.0. The number of aromatic nitrogens is 3. The van der Waals surface area contributed by atoms with Crippen molar-refractivity contribution >= 4 is 67.6 Å². The van der Waals surface area contributed by atoms with Crippen LogP contribution >= 0.6 is 46.1 Å². The number of halogens is 6. The molecule has 218 valence electrons. The molecule has 2 aliphatic heterocycles. The van der Waals surface area contributed by atoms with E-state index in [-0.39, 0.29) is 38.6 Å². The van der Waals surface area contributed by atoms with Crippen molar-refractivity contribution in [2.24, 2.45) is 4.99 Å². The van der Waals surface area contributed by atoms with E-state index in [0.29, 0.717) is 32.4 Å². The second kappa shape index (κ2) is 11.3. The van der Waals surface area contributed by atoms with Crippen LogP contribution in [0, 0.1) is 5.82 Å². The SMILES string of the molecule is O=S(=O)(N[C@H]1CC2=C(c3ccn(C(F)F)n3)[C@H](c3ccc(F)cc3Cl)N=C(c3nccs3)N2C1)c1c(Cl)cccc1Cl. The Kier molecular flexibility index (Phi) is 7.83. The third kappa shape index (κ3) is 5.33. The minimum Gasteiger partial charge on any atom is -0.326 e. The van der Waals surface area contributed by atoms with Gasteiger partial charge < -0.3 is 4.90 Å². The average Bonchev–Trinajstić information content (AvgIpc) is 3.68. The zero-order valence-electron chi connectivity index (χ0n) is 21.1. The topological polar surface area (TPSA) is 92.5 Å². The van der Waals surface area contributed by atoms with Gasteiger partial charge in [0.2, 0.25) is 10.0 Å². The summed E-state index contributed by atoms with van der Waals surface area (Å²) in [6, 6.07) is 8.03. The highest BCUT2D eigenvalue weighted by molar-refractivity contribution is 7.89. The van der Waals surface area contributed by atoms with Crippen LogP contribution in [0.25, 0.3) is 5.57 Å². The Morgan fingerprint density at radius 2 is 1.83 bits per heavy atom. The van der Waals surface area contributed by atoms with Gasteiger partial charge in [-0.05, 0) is 30.3 Å². The highest BCUT2D eigenvalue weighted by atomic mass is 35.5. The second-order valence-electron chi connectivity index (χ2n) is 9.36. The fourth-order valence-electron chi connectivity index (χ4n) is 5.05. The number of fused-ring (bicyclic) bond motifs is 1. The number of sulfonamides is 1. The third-order valence-electron chi connectivity index (χ3n) is 6.73. The number of amidine groups is 1. The maximum Gasteiger partial charge on any atom is 0.333 e. The molecule has 1 fully saturated rings. The molecular formula is C26H18Cl3F3N6O2S2. The predicted octanol–water partition coefficient (Wildman–Crippen LogP) is 6.80. The maximum absolute atomic E-state index is 14.0. The number of hydrogen-bond acceptors (Lipinski definition) is 7. The van der Waals surface area contributed by atoms with Gasteiger partial charge in [-0.3, -0.25) is 4.99 Å². The van der Waals surface area contributed by atoms with Crippen LogP contribution in [0.2, 0.25) is 15.1 Å². The average molecular weight is 674 g/mol. The largest absolute Gasteiger partial charge is 0.333 e. The van der Waals surface area contributed by atoms with Crippen molar-refractivity contribution in [2.45, 2.75) is 29.9 Å². The van der Waals surface area contributed by atoms with Crippen LogP contribution in [0.1, 0.15) is 35.3 Å². The Morgan fingerprint density at radius 3 is 2.48 bits per heavy atom. The molecule has 0 spiro atoms. The van der Waals surface area contributed by atoms with Crippen LogP contribution in [0.5, 0.6) is 0 Å². The molecule has 0 saturated carbocycles. The van der Waals surface area contributed by atoms with E-state index in [0.717, 1.165) is 12.3 Å². The molecule has 6 rings (SSSR count). The monoisotopic (exact) mass is 672 g/mol. The van der Waals surface area contributed by atoms with Crippen molar-refractivity contribution in [2.75, 3.05) is 6.54 Å². The van der Waals surface area contributed by atoms with Gasteiger partial charge >= 0.3 is 6.55 Å². The summed E-state index contributed by atoms with van der Waals surface area (Å²) in [5.74, 6) is -0.144. The Hall–Kier alpha value is -2.94. The number of benzene rings is 2. The van der Waals surface area contributed by atoms with Crippen LogP contribution in [0.15, 0.2) is 75.8 Å². The molecule has 4 aromatic rings. The van der Waals surface area contributed by atoms with E-state index in [9.17, 15) is 21.6 Å². The Balaban J connectivity index is 1.50. The molecule has 0 radical (unpaired) electrons. The van der Waals surface area contributed by atoms with Crippen molar-refractivity contribution in [3.8, 4) is 0 Å². The van der Waals surface area contributed by atoms with Gasteiger partial charge in [-0.25, -0.2) is 27.2 Å². The fourth-order valence-corrected chi connectivity index (χ4v) is 8.33. The standard InChI is InChI=1S/C26H18Cl3F3N6O2S2/c27-16-2-1-3-17(28)23(16)42(39,40)36-14-11-20-21(19-6-8-38(35-19)26(31)32)22(15-5-4-13(30)10-18(15)29)34-24(37(20)12-14)25-33-7-9-41-25/h1-10,14,22,26,36H,11-12H2/t14-,22-/m0/s1. The normalized spacial score (nSPS) is 19.0. The van der Waals surface area contributed by atoms with Crippen molar-refractivity contribution in [1.29, 1.82) is 0 Å². The van der Waals surface area contributed by atoms with Gasteiger partial charge in [0.25, 0.3) is 0 Å². The molecule has 2 aromatic carbocycles. The molecule has 42 heavy (non-hydrogen) atoms. The molecule has 1 N–H and O–H groups in total. The molecule has 0 unspecified atom stereocenters. The van der Waals surface area contributed by atoms with E-state index in [1.54, 1.807) is 16.5 Å². The quantitative estimate of drug-likeness (QED) is 0.233. The van der Waals surface area contributed by atoms with Gasteiger partial charge in [0.05, 0.1) is 15.7 Å². The van der Waals surface area contributed by atoms with Crippen LogP contribution in [-0.4, -0.2) is 46.5 Å². The van der Waals surface area contributed by atoms with E-state index >= 15 is 0 Å². The zero-order chi connectivity index (χ0) is 29.8. The second-order valence-corrected chi connectivity index (χ2v) is 13.1. The Labute approximate surface area is 257 Å². The van der Waals surface area contributed by atoms with E-state index < -0.39 is 34.5 Å². The van der Waals surface area contributed by atoms with Crippen LogP contribution in [0.3, 0.4) is 0 Å². The summed E-state index contributed by atoms with van der Waals surface area (Å²) in [4.78, 5) is 10.9. The third-order valence-corrected chi connectivity index (χ3v) is 10.3. The van der Waals surface area contributed by atoms with Crippen molar-refractivity contribution < 1.29 is 21.6 Å².